The number of ether oxygens (including phenoxy) is 2. The van der Waals surface area contributed by atoms with Gasteiger partial charge in [0, 0.05) is 0 Å². The van der Waals surface area contributed by atoms with Crippen LogP contribution in [-0.4, -0.2) is 109 Å². The number of rotatable bonds is 8. The summed E-state index contributed by atoms with van der Waals surface area (Å²) in [7, 11) is -5.12. The largest absolute Gasteiger partial charge is 0.472 e. The number of fused-ring (bicyclic) bond motifs is 2. The lowest BCUT2D eigenvalue weighted by Crippen LogP contribution is -2.35. The number of aromatic amines is 2. The summed E-state index contributed by atoms with van der Waals surface area (Å²) in [4.78, 5) is 54.8. The fourth-order valence-electron chi connectivity index (χ4n) is 4.80. The number of nitrogens with zero attached hydrogens (tertiary/aromatic N) is 6. The average molecular weight is 615 g/mol. The van der Waals surface area contributed by atoms with E-state index in [0.717, 1.165) is 28.1 Å². The summed E-state index contributed by atoms with van der Waals surface area (Å²) in [5.41, 5.74) is 3.94. The van der Waals surface area contributed by atoms with E-state index in [1.165, 1.54) is 0 Å². The number of aromatic nitrogens is 8. The van der Waals surface area contributed by atoms with Crippen molar-refractivity contribution in [1.29, 1.82) is 0 Å². The van der Waals surface area contributed by atoms with Crippen molar-refractivity contribution in [2.45, 2.75) is 49.1 Å². The number of aliphatic hydroxyl groups excluding tert-OH is 3. The van der Waals surface area contributed by atoms with Gasteiger partial charge >= 0.3 is 7.82 Å². The minimum Gasteiger partial charge on any atom is -0.394 e. The number of aliphatic hydroxyl groups is 3. The van der Waals surface area contributed by atoms with Crippen molar-refractivity contribution in [2.24, 2.45) is 0 Å². The SMILES string of the molecule is Nc1nc2c(ncn2[C@@H]2O[C@H](CO)[C@@H](O)[C@H]2OP(=O)(O)OC[C@H]2O[C@H](n3cnc4c(=O)[nH]cnc43)[C@@H](F)[C@@H]2O)c(=O)[nH]1. The number of imidazole rings is 2. The molecule has 2 saturated heterocycles. The Morgan fingerprint density at radius 3 is 2.40 bits per heavy atom. The van der Waals surface area contributed by atoms with Crippen molar-refractivity contribution in [3.63, 3.8) is 0 Å². The van der Waals surface area contributed by atoms with Crippen molar-refractivity contribution in [1.82, 2.24) is 39.0 Å². The number of alkyl halides is 1. The molecular formula is C20H23FN9O11P. The molecule has 226 valence electrons. The first kappa shape index (κ1) is 28.5. The van der Waals surface area contributed by atoms with Crippen molar-refractivity contribution in [3.8, 4) is 0 Å². The second kappa shape index (κ2) is 10.6. The number of phosphoric acid groups is 1. The number of phosphoric ester groups is 1. The zero-order chi connectivity index (χ0) is 29.9. The first-order valence-corrected chi connectivity index (χ1v) is 13.7. The summed E-state index contributed by atoms with van der Waals surface area (Å²) < 4.78 is 51.4. The summed E-state index contributed by atoms with van der Waals surface area (Å²) in [6.45, 7) is -1.58. The number of nitrogens with two attached hydrogens (primary N) is 1. The van der Waals surface area contributed by atoms with E-state index in [2.05, 4.69) is 29.9 Å². The summed E-state index contributed by atoms with van der Waals surface area (Å²) in [5, 5.41) is 30.7. The molecular weight excluding hydrogens is 592 g/mol. The number of nitrogen functional groups attached to an aromatic ring is 1. The smallest absolute Gasteiger partial charge is 0.394 e. The molecule has 1 unspecified atom stereocenters. The first-order valence-electron chi connectivity index (χ1n) is 12.2. The van der Waals surface area contributed by atoms with Crippen LogP contribution in [0.25, 0.3) is 22.3 Å². The maximum atomic E-state index is 15.0. The van der Waals surface area contributed by atoms with E-state index in [0.29, 0.717) is 0 Å². The van der Waals surface area contributed by atoms with Crippen LogP contribution in [0.4, 0.5) is 10.3 Å². The molecule has 9 atom stereocenters. The normalized spacial score (nSPS) is 31.3. The number of hydrogen-bond acceptors (Lipinski definition) is 15. The number of nitrogens with one attached hydrogen (secondary N) is 2. The fourth-order valence-corrected chi connectivity index (χ4v) is 5.73. The molecule has 0 saturated carbocycles. The molecule has 2 aliphatic rings. The lowest BCUT2D eigenvalue weighted by Gasteiger charge is -2.24. The highest BCUT2D eigenvalue weighted by atomic mass is 31.2. The molecule has 22 heteroatoms. The van der Waals surface area contributed by atoms with Crippen LogP contribution in [0.15, 0.2) is 28.6 Å². The molecule has 0 radical (unpaired) electrons. The van der Waals surface area contributed by atoms with Crippen molar-refractivity contribution in [3.05, 3.63) is 39.7 Å². The molecule has 42 heavy (non-hydrogen) atoms. The van der Waals surface area contributed by atoms with Crippen molar-refractivity contribution < 1.29 is 47.7 Å². The third kappa shape index (κ3) is 4.79. The van der Waals surface area contributed by atoms with Crippen LogP contribution in [-0.2, 0) is 23.1 Å². The third-order valence-electron chi connectivity index (χ3n) is 6.81. The molecule has 6 rings (SSSR count). The van der Waals surface area contributed by atoms with Gasteiger partial charge in [-0.3, -0.25) is 32.8 Å². The van der Waals surface area contributed by atoms with Gasteiger partial charge in [0.1, 0.15) is 30.5 Å². The molecule has 4 aromatic heterocycles. The predicted molar refractivity (Wildman–Crippen MR) is 133 cm³/mol. The van der Waals surface area contributed by atoms with E-state index in [4.69, 9.17) is 24.3 Å². The molecule has 0 aliphatic carbocycles. The van der Waals surface area contributed by atoms with Gasteiger partial charge in [0.05, 0.1) is 32.2 Å². The zero-order valence-electron chi connectivity index (χ0n) is 21.0. The van der Waals surface area contributed by atoms with Gasteiger partial charge < -0.3 is 40.4 Å². The van der Waals surface area contributed by atoms with Crippen LogP contribution in [0.2, 0.25) is 0 Å². The Labute approximate surface area is 231 Å². The Morgan fingerprint density at radius 2 is 1.69 bits per heavy atom. The molecule has 0 spiro atoms. The molecule has 2 fully saturated rings. The highest BCUT2D eigenvalue weighted by molar-refractivity contribution is 7.47. The Kier molecular flexibility index (Phi) is 7.15. The fraction of sp³-hybridized carbons (Fsp3) is 0.500. The first-order chi connectivity index (χ1) is 20.0. The summed E-state index contributed by atoms with van der Waals surface area (Å²) in [6, 6.07) is 0. The van der Waals surface area contributed by atoms with Gasteiger partial charge in [0.15, 0.2) is 41.0 Å². The van der Waals surface area contributed by atoms with Gasteiger partial charge in [-0.05, 0) is 0 Å². The average Bonchev–Trinajstić information content (AvgIpc) is 3.69. The molecule has 4 aromatic rings. The highest BCUT2D eigenvalue weighted by Gasteiger charge is 2.51. The lowest BCUT2D eigenvalue weighted by atomic mass is 10.1. The number of hydrogen-bond donors (Lipinski definition) is 7. The van der Waals surface area contributed by atoms with Gasteiger partial charge in [0.2, 0.25) is 5.95 Å². The zero-order valence-corrected chi connectivity index (χ0v) is 21.9. The second-order valence-corrected chi connectivity index (χ2v) is 10.8. The van der Waals surface area contributed by atoms with E-state index >= 15 is 4.39 Å². The van der Waals surface area contributed by atoms with Gasteiger partial charge in [-0.25, -0.2) is 23.9 Å². The van der Waals surface area contributed by atoms with Crippen LogP contribution < -0.4 is 16.9 Å². The minimum atomic E-state index is -5.12. The molecule has 0 bridgehead atoms. The van der Waals surface area contributed by atoms with E-state index in [1.807, 2.05) is 0 Å². The molecule has 8 N–H and O–H groups in total. The molecule has 0 aromatic carbocycles. The van der Waals surface area contributed by atoms with E-state index in [1.54, 1.807) is 0 Å². The van der Waals surface area contributed by atoms with Gasteiger partial charge in [-0.15, -0.1) is 0 Å². The van der Waals surface area contributed by atoms with Gasteiger partial charge in [0.25, 0.3) is 11.1 Å². The monoisotopic (exact) mass is 615 g/mol. The summed E-state index contributed by atoms with van der Waals surface area (Å²) in [6.07, 6.45) is -9.76. The van der Waals surface area contributed by atoms with Crippen LogP contribution in [0.5, 0.6) is 0 Å². The number of halogens is 1. The van der Waals surface area contributed by atoms with Crippen molar-refractivity contribution >= 4 is 36.1 Å². The Balaban J connectivity index is 1.19. The Bertz CT molecular complexity index is 1790. The quantitative estimate of drug-likeness (QED) is 0.0984. The predicted octanol–water partition coefficient (Wildman–Crippen LogP) is -2.82. The van der Waals surface area contributed by atoms with Gasteiger partial charge in [-0.2, -0.15) is 4.98 Å². The van der Waals surface area contributed by atoms with Gasteiger partial charge in [-0.1, -0.05) is 0 Å². The summed E-state index contributed by atoms with van der Waals surface area (Å²) in [5.74, 6) is -0.272. The van der Waals surface area contributed by atoms with Crippen LogP contribution in [0, 0.1) is 0 Å². The molecule has 6 heterocycles. The van der Waals surface area contributed by atoms with E-state index < -0.39 is 81.3 Å². The Hall–Kier alpha value is -3.66. The number of H-pyrrole nitrogens is 2. The Morgan fingerprint density at radius 1 is 1.02 bits per heavy atom. The van der Waals surface area contributed by atoms with Crippen LogP contribution in [0.3, 0.4) is 0 Å². The standard InChI is InChI=1S/C20H23FN9O11P/c21-8-11(32)7(40-18(8)29-4-25-9-14(29)23-3-24-16(9)34)2-38-42(36,37)41-13-12(33)6(1-31)39-19(13)30-5-26-10-15(30)27-20(22)28-17(10)35/h3-8,11-13,18-19,31-33H,1-2H2,(H,36,37)(H,23,24,34)(H3,22,27,28,35)/t6-,7-,8+,11-,12-,13-,18+,19-/m1/s1. The van der Waals surface area contributed by atoms with Crippen LogP contribution in [0.1, 0.15) is 12.5 Å². The van der Waals surface area contributed by atoms with Crippen LogP contribution >= 0.6 is 7.82 Å². The lowest BCUT2D eigenvalue weighted by molar-refractivity contribution is -0.0600. The third-order valence-corrected chi connectivity index (χ3v) is 7.79. The molecule has 20 nitrogen and oxygen atoms in total. The summed E-state index contributed by atoms with van der Waals surface area (Å²) >= 11 is 0. The number of anilines is 1. The highest BCUT2D eigenvalue weighted by Crippen LogP contribution is 2.50. The molecule has 2 aliphatic heterocycles. The second-order valence-electron chi connectivity index (χ2n) is 9.40. The maximum absolute atomic E-state index is 15.0. The minimum absolute atomic E-state index is 0.0266. The maximum Gasteiger partial charge on any atom is 0.472 e. The van der Waals surface area contributed by atoms with Crippen molar-refractivity contribution in [2.75, 3.05) is 18.9 Å². The topological polar surface area (TPSA) is 288 Å². The van der Waals surface area contributed by atoms with E-state index in [9.17, 15) is 34.4 Å². The van der Waals surface area contributed by atoms with E-state index in [-0.39, 0.29) is 28.3 Å². The molecule has 0 amide bonds.